The topological polar surface area (TPSA) is 64.3 Å². The Bertz CT molecular complexity index is 681. The number of nitrogens with zero attached hydrogens (tertiary/aromatic N) is 2. The predicted octanol–water partition coefficient (Wildman–Crippen LogP) is 4.31. The number of unbranched alkanes of at least 4 members (excludes halogenated alkanes) is 1. The fourth-order valence-electron chi connectivity index (χ4n) is 2.45. The van der Waals surface area contributed by atoms with Gasteiger partial charge in [0, 0.05) is 13.6 Å². The summed E-state index contributed by atoms with van der Waals surface area (Å²) in [6, 6.07) is 8.00. The van der Waals surface area contributed by atoms with E-state index in [4.69, 9.17) is 0 Å². The SMILES string of the molecule is C/C=C(O)\C(=C/Cc1ccc(N(C)CCCC)c(C#N)c1)C(C)=O. The number of carbonyl (C=O) groups is 1. The molecule has 0 saturated carbocycles. The fourth-order valence-corrected chi connectivity index (χ4v) is 2.45. The van der Waals surface area contributed by atoms with Gasteiger partial charge in [-0.05, 0) is 50.5 Å². The third kappa shape index (κ3) is 5.27. The molecule has 0 bridgehead atoms. The number of Topliss-reactive ketones (excluding diaryl/α,β-unsaturated/α-hetero) is 1. The number of aliphatic hydroxyl groups excluding tert-OH is 1. The van der Waals surface area contributed by atoms with Crippen molar-refractivity contribution in [2.75, 3.05) is 18.5 Å². The summed E-state index contributed by atoms with van der Waals surface area (Å²) < 4.78 is 0. The summed E-state index contributed by atoms with van der Waals surface area (Å²) >= 11 is 0. The third-order valence-electron chi connectivity index (χ3n) is 3.91. The number of hydrogen-bond donors (Lipinski definition) is 1. The normalized spacial score (nSPS) is 12.0. The fraction of sp³-hybridized carbons (Fsp3) is 0.400. The molecule has 0 fully saturated rings. The first-order valence-electron chi connectivity index (χ1n) is 8.25. The van der Waals surface area contributed by atoms with Gasteiger partial charge < -0.3 is 10.0 Å². The molecule has 0 aliphatic heterocycles. The Balaban J connectivity index is 3.03. The van der Waals surface area contributed by atoms with Gasteiger partial charge in [-0.15, -0.1) is 0 Å². The van der Waals surface area contributed by atoms with Crippen LogP contribution in [0.25, 0.3) is 0 Å². The average molecular weight is 326 g/mol. The lowest BCUT2D eigenvalue weighted by atomic mass is 10.0. The molecule has 0 saturated heterocycles. The molecule has 0 aliphatic carbocycles. The van der Waals surface area contributed by atoms with E-state index in [1.165, 1.54) is 13.0 Å². The van der Waals surface area contributed by atoms with E-state index in [0.717, 1.165) is 30.6 Å². The van der Waals surface area contributed by atoms with E-state index in [9.17, 15) is 15.2 Å². The number of aliphatic hydroxyl groups is 1. The minimum atomic E-state index is -0.179. The number of anilines is 1. The molecule has 0 aromatic heterocycles. The van der Waals surface area contributed by atoms with E-state index >= 15 is 0 Å². The Morgan fingerprint density at radius 2 is 2.12 bits per heavy atom. The lowest BCUT2D eigenvalue weighted by Gasteiger charge is -2.20. The van der Waals surface area contributed by atoms with E-state index < -0.39 is 0 Å². The third-order valence-corrected chi connectivity index (χ3v) is 3.91. The molecule has 1 aromatic rings. The van der Waals surface area contributed by atoms with Crippen molar-refractivity contribution in [2.45, 2.75) is 40.0 Å². The highest BCUT2D eigenvalue weighted by atomic mass is 16.3. The number of nitriles is 1. The smallest absolute Gasteiger partial charge is 0.163 e. The summed E-state index contributed by atoms with van der Waals surface area (Å²) in [7, 11) is 1.99. The van der Waals surface area contributed by atoms with Gasteiger partial charge in [-0.25, -0.2) is 0 Å². The van der Waals surface area contributed by atoms with Gasteiger partial charge in [-0.3, -0.25) is 4.79 Å². The summed E-state index contributed by atoms with van der Waals surface area (Å²) in [6.45, 7) is 6.16. The van der Waals surface area contributed by atoms with Crippen LogP contribution in [0.1, 0.15) is 44.7 Å². The maximum Gasteiger partial charge on any atom is 0.163 e. The number of ketones is 1. The molecule has 1 rings (SSSR count). The van der Waals surface area contributed by atoms with Crippen molar-refractivity contribution < 1.29 is 9.90 Å². The summed E-state index contributed by atoms with van der Waals surface area (Å²) in [6.07, 6.45) is 5.88. The first-order valence-corrected chi connectivity index (χ1v) is 8.25. The van der Waals surface area contributed by atoms with E-state index in [1.807, 2.05) is 25.2 Å². The summed E-state index contributed by atoms with van der Waals surface area (Å²) in [5.41, 5.74) is 2.78. The number of allylic oxidation sites excluding steroid dienone is 3. The van der Waals surface area contributed by atoms with Crippen LogP contribution in [0.5, 0.6) is 0 Å². The number of benzene rings is 1. The van der Waals surface area contributed by atoms with Crippen LogP contribution in [0.4, 0.5) is 5.69 Å². The molecule has 0 radical (unpaired) electrons. The molecule has 0 unspecified atom stereocenters. The average Bonchev–Trinajstić information content (AvgIpc) is 2.58. The molecule has 0 atom stereocenters. The molecule has 1 N–H and O–H groups in total. The van der Waals surface area contributed by atoms with Gasteiger partial charge in [0.15, 0.2) is 5.78 Å². The summed E-state index contributed by atoms with van der Waals surface area (Å²) in [5.74, 6) is -0.194. The van der Waals surface area contributed by atoms with E-state index in [2.05, 4.69) is 17.9 Å². The zero-order valence-electron chi connectivity index (χ0n) is 15.0. The van der Waals surface area contributed by atoms with Crippen molar-refractivity contribution in [1.82, 2.24) is 0 Å². The van der Waals surface area contributed by atoms with Crippen molar-refractivity contribution in [2.24, 2.45) is 0 Å². The van der Waals surface area contributed by atoms with Crippen molar-refractivity contribution in [1.29, 1.82) is 5.26 Å². The van der Waals surface area contributed by atoms with Crippen LogP contribution in [0.15, 0.2) is 41.7 Å². The van der Waals surface area contributed by atoms with Crippen LogP contribution in [0.2, 0.25) is 0 Å². The second-order valence-corrected chi connectivity index (χ2v) is 5.79. The van der Waals surface area contributed by atoms with Crippen molar-refractivity contribution in [3.05, 3.63) is 52.8 Å². The maximum atomic E-state index is 11.6. The minimum absolute atomic E-state index is 0.0149. The van der Waals surface area contributed by atoms with Crippen molar-refractivity contribution in [3.63, 3.8) is 0 Å². The molecule has 0 amide bonds. The van der Waals surface area contributed by atoms with Gasteiger partial charge >= 0.3 is 0 Å². The van der Waals surface area contributed by atoms with E-state index in [0.29, 0.717) is 17.6 Å². The zero-order valence-corrected chi connectivity index (χ0v) is 15.0. The van der Waals surface area contributed by atoms with Crippen molar-refractivity contribution >= 4 is 11.5 Å². The van der Waals surface area contributed by atoms with Crippen LogP contribution < -0.4 is 4.90 Å². The van der Waals surface area contributed by atoms with Crippen LogP contribution in [0.3, 0.4) is 0 Å². The van der Waals surface area contributed by atoms with Crippen LogP contribution >= 0.6 is 0 Å². The molecule has 4 heteroatoms. The van der Waals surface area contributed by atoms with Crippen molar-refractivity contribution in [3.8, 4) is 6.07 Å². The number of carbonyl (C=O) groups excluding carboxylic acids is 1. The molecule has 128 valence electrons. The number of rotatable bonds is 8. The Morgan fingerprint density at radius 3 is 2.67 bits per heavy atom. The number of hydrogen-bond acceptors (Lipinski definition) is 4. The molecule has 0 aliphatic rings. The Labute approximate surface area is 144 Å². The second kappa shape index (κ2) is 9.57. The largest absolute Gasteiger partial charge is 0.508 e. The lowest BCUT2D eigenvalue weighted by molar-refractivity contribution is -0.113. The Kier molecular flexibility index (Phi) is 7.77. The second-order valence-electron chi connectivity index (χ2n) is 5.79. The first kappa shape index (κ1) is 19.5. The van der Waals surface area contributed by atoms with Crippen LogP contribution in [-0.4, -0.2) is 24.5 Å². The molecule has 1 aromatic carbocycles. The minimum Gasteiger partial charge on any atom is -0.508 e. The van der Waals surface area contributed by atoms with E-state index in [-0.39, 0.29) is 11.5 Å². The zero-order chi connectivity index (χ0) is 18.1. The van der Waals surface area contributed by atoms with Gasteiger partial charge in [0.2, 0.25) is 0 Å². The molecule has 4 nitrogen and oxygen atoms in total. The summed E-state index contributed by atoms with van der Waals surface area (Å²) in [5, 5.41) is 19.2. The van der Waals surface area contributed by atoms with Crippen LogP contribution in [0, 0.1) is 11.3 Å². The first-order chi connectivity index (χ1) is 11.4. The maximum absolute atomic E-state index is 11.6. The van der Waals surface area contributed by atoms with Gasteiger partial charge in [0.1, 0.15) is 11.8 Å². The standard InChI is InChI=1S/C20H26N2O2/c1-5-7-12-22(4)19-11-9-16(13-17(19)14-21)8-10-18(15(3)23)20(24)6-2/h6,9-11,13,24H,5,7-8,12H2,1-4H3/b18-10-,20-6+. The lowest BCUT2D eigenvalue weighted by Crippen LogP contribution is -2.19. The Hall–Kier alpha value is -2.54. The van der Waals surface area contributed by atoms with Gasteiger partial charge in [-0.1, -0.05) is 25.5 Å². The predicted molar refractivity (Wildman–Crippen MR) is 98.2 cm³/mol. The van der Waals surface area contributed by atoms with Gasteiger partial charge in [0.05, 0.1) is 16.8 Å². The highest BCUT2D eigenvalue weighted by Crippen LogP contribution is 2.22. The molecular formula is C20H26N2O2. The molecule has 0 heterocycles. The Morgan fingerprint density at radius 1 is 1.42 bits per heavy atom. The highest BCUT2D eigenvalue weighted by Gasteiger charge is 2.10. The molecular weight excluding hydrogens is 300 g/mol. The van der Waals surface area contributed by atoms with Gasteiger partial charge in [0.25, 0.3) is 0 Å². The van der Waals surface area contributed by atoms with Crippen LogP contribution in [-0.2, 0) is 11.2 Å². The molecule has 0 spiro atoms. The monoisotopic (exact) mass is 326 g/mol. The highest BCUT2D eigenvalue weighted by molar-refractivity contribution is 5.96. The van der Waals surface area contributed by atoms with E-state index in [1.54, 1.807) is 13.0 Å². The quantitative estimate of drug-likeness (QED) is 0.439. The van der Waals surface area contributed by atoms with Gasteiger partial charge in [-0.2, -0.15) is 5.26 Å². The molecule has 24 heavy (non-hydrogen) atoms. The summed E-state index contributed by atoms with van der Waals surface area (Å²) in [4.78, 5) is 13.7.